The Bertz CT molecular complexity index is 772. The van der Waals surface area contributed by atoms with Crippen molar-refractivity contribution in [1.82, 2.24) is 4.90 Å². The minimum Gasteiger partial charge on any atom is -0.466 e. The van der Waals surface area contributed by atoms with Crippen LogP contribution in [-0.4, -0.2) is 29.8 Å². The van der Waals surface area contributed by atoms with Crippen LogP contribution in [0.3, 0.4) is 0 Å². The van der Waals surface area contributed by atoms with Crippen LogP contribution in [0.4, 0.5) is 5.69 Å². The maximum atomic E-state index is 12.8. The van der Waals surface area contributed by atoms with E-state index < -0.39 is 0 Å². The Morgan fingerprint density at radius 1 is 1.04 bits per heavy atom. The second-order valence-electron chi connectivity index (χ2n) is 6.64. The van der Waals surface area contributed by atoms with Gasteiger partial charge in [-0.25, -0.2) is 0 Å². The standard InChI is InChI=1S/C20H24N2O3/c1-13-14(2)25-15(3)18(13)20(24)22-11-9-16(10-12-22)19(23)21-17-7-5-4-6-8-17/h4-8,16H,9-12H2,1-3H3,(H,21,23). The molecule has 0 radical (unpaired) electrons. The quantitative estimate of drug-likeness (QED) is 0.927. The number of rotatable bonds is 3. The molecule has 0 atom stereocenters. The third-order valence-corrected chi connectivity index (χ3v) is 4.97. The smallest absolute Gasteiger partial charge is 0.257 e. The van der Waals surface area contributed by atoms with Crippen LogP contribution >= 0.6 is 0 Å². The number of carbonyl (C=O) groups excluding carboxylic acids is 2. The molecule has 1 saturated heterocycles. The highest BCUT2D eigenvalue weighted by molar-refractivity contribution is 5.97. The van der Waals surface area contributed by atoms with Gasteiger partial charge in [-0.05, 0) is 45.7 Å². The number of nitrogens with one attached hydrogen (secondary N) is 1. The molecule has 5 heteroatoms. The maximum Gasteiger partial charge on any atom is 0.257 e. The van der Waals surface area contributed by atoms with Crippen LogP contribution in [-0.2, 0) is 4.79 Å². The largest absolute Gasteiger partial charge is 0.466 e. The molecule has 1 aromatic carbocycles. The normalized spacial score (nSPS) is 15.2. The molecular weight excluding hydrogens is 316 g/mol. The number of hydrogen-bond acceptors (Lipinski definition) is 3. The molecule has 1 aromatic heterocycles. The fourth-order valence-corrected chi connectivity index (χ4v) is 3.38. The van der Waals surface area contributed by atoms with Gasteiger partial charge in [0.15, 0.2) is 0 Å². The predicted octanol–water partition coefficient (Wildman–Crippen LogP) is 3.70. The highest BCUT2D eigenvalue weighted by Gasteiger charge is 2.30. The summed E-state index contributed by atoms with van der Waals surface area (Å²) in [5.74, 6) is 1.44. The van der Waals surface area contributed by atoms with Crippen molar-refractivity contribution in [2.75, 3.05) is 18.4 Å². The van der Waals surface area contributed by atoms with Gasteiger partial charge in [0, 0.05) is 30.3 Å². The van der Waals surface area contributed by atoms with Gasteiger partial charge < -0.3 is 14.6 Å². The topological polar surface area (TPSA) is 62.6 Å². The number of likely N-dealkylation sites (tertiary alicyclic amines) is 1. The number of amides is 2. The Balaban J connectivity index is 1.60. The third-order valence-electron chi connectivity index (χ3n) is 4.97. The van der Waals surface area contributed by atoms with Gasteiger partial charge in [-0.1, -0.05) is 18.2 Å². The molecule has 1 aliphatic rings. The molecular formula is C20H24N2O3. The number of carbonyl (C=O) groups is 2. The molecule has 2 aromatic rings. The monoisotopic (exact) mass is 340 g/mol. The van der Waals surface area contributed by atoms with Gasteiger partial charge in [0.05, 0.1) is 5.56 Å². The molecule has 5 nitrogen and oxygen atoms in total. The summed E-state index contributed by atoms with van der Waals surface area (Å²) in [6.07, 6.45) is 1.36. The van der Waals surface area contributed by atoms with Gasteiger partial charge in [0.1, 0.15) is 11.5 Å². The summed E-state index contributed by atoms with van der Waals surface area (Å²) in [5.41, 5.74) is 2.39. The summed E-state index contributed by atoms with van der Waals surface area (Å²) in [6, 6.07) is 9.47. The Labute approximate surface area is 148 Å². The summed E-state index contributed by atoms with van der Waals surface area (Å²) in [6.45, 7) is 6.80. The third kappa shape index (κ3) is 3.60. The molecule has 0 unspecified atom stereocenters. The summed E-state index contributed by atoms with van der Waals surface area (Å²) in [5, 5.41) is 2.95. The van der Waals surface area contributed by atoms with Crippen molar-refractivity contribution < 1.29 is 14.0 Å². The average molecular weight is 340 g/mol. The zero-order valence-corrected chi connectivity index (χ0v) is 15.0. The van der Waals surface area contributed by atoms with Gasteiger partial charge in [-0.3, -0.25) is 9.59 Å². The summed E-state index contributed by atoms with van der Waals surface area (Å²) < 4.78 is 5.57. The van der Waals surface area contributed by atoms with E-state index in [2.05, 4.69) is 5.32 Å². The average Bonchev–Trinajstić information content (AvgIpc) is 2.87. The molecule has 0 spiro atoms. The number of para-hydroxylation sites is 1. The van der Waals surface area contributed by atoms with E-state index in [1.807, 2.05) is 56.0 Å². The van der Waals surface area contributed by atoms with E-state index in [1.54, 1.807) is 0 Å². The lowest BCUT2D eigenvalue weighted by molar-refractivity contribution is -0.121. The minimum absolute atomic E-state index is 0.00812. The van der Waals surface area contributed by atoms with E-state index in [9.17, 15) is 9.59 Å². The highest BCUT2D eigenvalue weighted by atomic mass is 16.3. The van der Waals surface area contributed by atoms with E-state index in [-0.39, 0.29) is 17.7 Å². The van der Waals surface area contributed by atoms with E-state index in [0.29, 0.717) is 37.3 Å². The molecule has 25 heavy (non-hydrogen) atoms. The number of nitrogens with zero attached hydrogens (tertiary/aromatic N) is 1. The highest BCUT2D eigenvalue weighted by Crippen LogP contribution is 2.26. The van der Waals surface area contributed by atoms with Crippen LogP contribution in [0.1, 0.15) is 40.3 Å². The zero-order valence-electron chi connectivity index (χ0n) is 15.0. The van der Waals surface area contributed by atoms with Gasteiger partial charge in [-0.15, -0.1) is 0 Å². The van der Waals surface area contributed by atoms with E-state index in [0.717, 1.165) is 17.0 Å². The number of piperidine rings is 1. The summed E-state index contributed by atoms with van der Waals surface area (Å²) >= 11 is 0. The van der Waals surface area contributed by atoms with Crippen LogP contribution in [0.2, 0.25) is 0 Å². The van der Waals surface area contributed by atoms with Crippen LogP contribution in [0.25, 0.3) is 0 Å². The molecule has 2 amide bonds. The van der Waals surface area contributed by atoms with Crippen molar-refractivity contribution in [3.63, 3.8) is 0 Å². The second-order valence-corrected chi connectivity index (χ2v) is 6.64. The van der Waals surface area contributed by atoms with E-state index in [1.165, 1.54) is 0 Å². The molecule has 1 N–H and O–H groups in total. The summed E-state index contributed by atoms with van der Waals surface area (Å²) in [7, 11) is 0. The fraction of sp³-hybridized carbons (Fsp3) is 0.400. The van der Waals surface area contributed by atoms with Crippen molar-refractivity contribution in [1.29, 1.82) is 0 Å². The van der Waals surface area contributed by atoms with Crippen LogP contribution in [0.5, 0.6) is 0 Å². The van der Waals surface area contributed by atoms with Crippen LogP contribution in [0, 0.1) is 26.7 Å². The lowest BCUT2D eigenvalue weighted by atomic mass is 9.95. The molecule has 1 aliphatic heterocycles. The van der Waals surface area contributed by atoms with E-state index in [4.69, 9.17) is 4.42 Å². The molecule has 1 fully saturated rings. The first-order chi connectivity index (χ1) is 12.0. The predicted molar refractivity (Wildman–Crippen MR) is 96.6 cm³/mol. The molecule has 132 valence electrons. The Morgan fingerprint density at radius 3 is 2.24 bits per heavy atom. The van der Waals surface area contributed by atoms with Gasteiger partial charge in [-0.2, -0.15) is 0 Å². The molecule has 0 bridgehead atoms. The number of benzene rings is 1. The van der Waals surface area contributed by atoms with Gasteiger partial charge in [0.25, 0.3) is 5.91 Å². The second kappa shape index (κ2) is 7.13. The Morgan fingerprint density at radius 2 is 1.68 bits per heavy atom. The van der Waals surface area contributed by atoms with Crippen molar-refractivity contribution >= 4 is 17.5 Å². The molecule has 2 heterocycles. The molecule has 0 saturated carbocycles. The van der Waals surface area contributed by atoms with E-state index >= 15 is 0 Å². The van der Waals surface area contributed by atoms with Gasteiger partial charge >= 0.3 is 0 Å². The number of furan rings is 1. The number of hydrogen-bond donors (Lipinski definition) is 1. The van der Waals surface area contributed by atoms with Crippen molar-refractivity contribution in [2.24, 2.45) is 5.92 Å². The maximum absolute atomic E-state index is 12.8. The van der Waals surface area contributed by atoms with Crippen molar-refractivity contribution in [3.05, 3.63) is 53.0 Å². The van der Waals surface area contributed by atoms with Crippen LogP contribution < -0.4 is 5.32 Å². The zero-order chi connectivity index (χ0) is 18.0. The molecule has 3 rings (SSSR count). The number of aryl methyl sites for hydroxylation is 2. The lowest BCUT2D eigenvalue weighted by Gasteiger charge is -2.31. The first-order valence-corrected chi connectivity index (χ1v) is 8.69. The Hall–Kier alpha value is -2.56. The van der Waals surface area contributed by atoms with Gasteiger partial charge in [0.2, 0.25) is 5.91 Å². The first-order valence-electron chi connectivity index (χ1n) is 8.69. The Kier molecular flexibility index (Phi) is 4.93. The van der Waals surface area contributed by atoms with Crippen molar-refractivity contribution in [2.45, 2.75) is 33.6 Å². The minimum atomic E-state index is -0.0578. The fourth-order valence-electron chi connectivity index (χ4n) is 3.38. The molecule has 0 aliphatic carbocycles. The van der Waals surface area contributed by atoms with Crippen molar-refractivity contribution in [3.8, 4) is 0 Å². The summed E-state index contributed by atoms with van der Waals surface area (Å²) in [4.78, 5) is 27.0. The lowest BCUT2D eigenvalue weighted by Crippen LogP contribution is -2.41. The van der Waals surface area contributed by atoms with Crippen LogP contribution in [0.15, 0.2) is 34.7 Å². The SMILES string of the molecule is Cc1oc(C)c(C(=O)N2CCC(C(=O)Nc3ccccc3)CC2)c1C. The first kappa shape index (κ1) is 17.3. The number of anilines is 1.